The van der Waals surface area contributed by atoms with Crippen molar-refractivity contribution in [1.82, 2.24) is 4.98 Å². The van der Waals surface area contributed by atoms with Crippen molar-refractivity contribution in [3.05, 3.63) is 99.2 Å². The van der Waals surface area contributed by atoms with Crippen LogP contribution in [0.1, 0.15) is 31.8 Å². The summed E-state index contributed by atoms with van der Waals surface area (Å²) in [4.78, 5) is 40.4. The zero-order valence-electron chi connectivity index (χ0n) is 17.6. The number of rotatable bonds is 5. The van der Waals surface area contributed by atoms with E-state index in [1.54, 1.807) is 24.3 Å². The zero-order valence-corrected chi connectivity index (χ0v) is 17.6. The van der Waals surface area contributed by atoms with Gasteiger partial charge in [0.05, 0.1) is 16.8 Å². The molecule has 160 valence electrons. The molecule has 0 radical (unpaired) electrons. The Balaban J connectivity index is 1.60. The van der Waals surface area contributed by atoms with Crippen LogP contribution < -0.4 is 5.43 Å². The van der Waals surface area contributed by atoms with Crippen LogP contribution in [0, 0.1) is 13.8 Å². The fourth-order valence-corrected chi connectivity index (χ4v) is 3.37. The van der Waals surface area contributed by atoms with Gasteiger partial charge in [0.15, 0.2) is 18.1 Å². The Hall–Kier alpha value is -4.19. The van der Waals surface area contributed by atoms with Crippen molar-refractivity contribution in [3.63, 3.8) is 0 Å². The summed E-state index contributed by atoms with van der Waals surface area (Å²) in [7, 11) is 0. The highest BCUT2D eigenvalue weighted by molar-refractivity contribution is 6.00. The molecule has 0 spiro atoms. The summed E-state index contributed by atoms with van der Waals surface area (Å²) in [5, 5.41) is 10.6. The van der Waals surface area contributed by atoms with Gasteiger partial charge in [-0.15, -0.1) is 0 Å². The van der Waals surface area contributed by atoms with Crippen molar-refractivity contribution in [1.29, 1.82) is 0 Å². The fraction of sp³-hybridized carbons (Fsp3) is 0.115. The highest BCUT2D eigenvalue weighted by atomic mass is 16.5. The number of nitrogens with one attached hydrogen (secondary N) is 1. The van der Waals surface area contributed by atoms with E-state index in [1.807, 2.05) is 38.1 Å². The lowest BCUT2D eigenvalue weighted by Gasteiger charge is -2.09. The van der Waals surface area contributed by atoms with Crippen LogP contribution in [-0.4, -0.2) is 28.4 Å². The van der Waals surface area contributed by atoms with Gasteiger partial charge in [-0.25, -0.2) is 4.79 Å². The Bertz CT molecular complexity index is 1380. The number of ether oxygens (including phenoxy) is 1. The maximum Gasteiger partial charge on any atom is 0.338 e. The second-order valence-corrected chi connectivity index (χ2v) is 7.67. The third-order valence-corrected chi connectivity index (χ3v) is 5.26. The number of aromatic amines is 1. The molecule has 1 aromatic heterocycles. The normalized spacial score (nSPS) is 10.8. The average Bonchev–Trinajstić information content (AvgIpc) is 2.80. The molecule has 0 atom stereocenters. The highest BCUT2D eigenvalue weighted by Gasteiger charge is 2.16. The molecule has 0 aliphatic heterocycles. The number of aryl methyl sites for hydroxylation is 2. The SMILES string of the molecule is Cc1ccc(C(=O)COC(=O)c2ccc3c(=O)c(O)c(-c4ccc(C)cc4)[nH]c3c2)cc1. The predicted octanol–water partition coefficient (Wildman–Crippen LogP) is 4.56. The lowest BCUT2D eigenvalue weighted by Crippen LogP contribution is -2.14. The van der Waals surface area contributed by atoms with Crippen molar-refractivity contribution in [3.8, 4) is 17.0 Å². The summed E-state index contributed by atoms with van der Waals surface area (Å²) in [6.07, 6.45) is 0. The average molecular weight is 427 g/mol. The van der Waals surface area contributed by atoms with Crippen molar-refractivity contribution >= 4 is 22.7 Å². The van der Waals surface area contributed by atoms with Crippen LogP contribution in [0.15, 0.2) is 71.5 Å². The number of fused-ring (bicyclic) bond motifs is 1. The predicted molar refractivity (Wildman–Crippen MR) is 122 cm³/mol. The second kappa shape index (κ2) is 8.51. The number of H-pyrrole nitrogens is 1. The Morgan fingerprint density at radius 2 is 1.47 bits per heavy atom. The number of pyridine rings is 1. The van der Waals surface area contributed by atoms with E-state index in [9.17, 15) is 19.5 Å². The van der Waals surface area contributed by atoms with Crippen LogP contribution in [0.25, 0.3) is 22.2 Å². The van der Waals surface area contributed by atoms with Crippen LogP contribution in [0.2, 0.25) is 0 Å². The van der Waals surface area contributed by atoms with Gasteiger partial charge in [0.2, 0.25) is 5.43 Å². The fourth-order valence-electron chi connectivity index (χ4n) is 3.37. The minimum Gasteiger partial charge on any atom is -0.503 e. The molecule has 0 amide bonds. The number of benzene rings is 3. The zero-order chi connectivity index (χ0) is 22.8. The third-order valence-electron chi connectivity index (χ3n) is 5.26. The van der Waals surface area contributed by atoms with Crippen molar-refractivity contribution < 1.29 is 19.4 Å². The molecule has 6 heteroatoms. The molecule has 4 rings (SSSR count). The van der Waals surface area contributed by atoms with Crippen molar-refractivity contribution in [2.45, 2.75) is 13.8 Å². The molecule has 3 aromatic carbocycles. The summed E-state index contributed by atoms with van der Waals surface area (Å²) < 4.78 is 5.18. The van der Waals surface area contributed by atoms with E-state index >= 15 is 0 Å². The molecule has 0 bridgehead atoms. The summed E-state index contributed by atoms with van der Waals surface area (Å²) in [6, 6.07) is 18.7. The van der Waals surface area contributed by atoms with Gasteiger partial charge in [0, 0.05) is 16.5 Å². The van der Waals surface area contributed by atoms with Gasteiger partial charge in [0.1, 0.15) is 0 Å². The van der Waals surface area contributed by atoms with Gasteiger partial charge in [-0.05, 0) is 32.0 Å². The first kappa shape index (κ1) is 21.1. The van der Waals surface area contributed by atoms with Gasteiger partial charge in [-0.2, -0.15) is 0 Å². The molecule has 4 aromatic rings. The number of carbonyl (C=O) groups is 2. The smallest absolute Gasteiger partial charge is 0.338 e. The lowest BCUT2D eigenvalue weighted by molar-refractivity contribution is 0.0475. The van der Waals surface area contributed by atoms with Gasteiger partial charge in [0.25, 0.3) is 0 Å². The molecular weight excluding hydrogens is 406 g/mol. The maximum atomic E-state index is 12.6. The number of hydrogen-bond acceptors (Lipinski definition) is 5. The van der Waals surface area contributed by atoms with E-state index in [1.165, 1.54) is 18.2 Å². The molecule has 0 unspecified atom stereocenters. The number of hydrogen-bond donors (Lipinski definition) is 2. The van der Waals surface area contributed by atoms with Crippen LogP contribution in [-0.2, 0) is 4.74 Å². The van der Waals surface area contributed by atoms with E-state index in [2.05, 4.69) is 4.98 Å². The first-order valence-corrected chi connectivity index (χ1v) is 10.1. The summed E-state index contributed by atoms with van der Waals surface area (Å²) >= 11 is 0. The quantitative estimate of drug-likeness (QED) is 0.360. The van der Waals surface area contributed by atoms with Gasteiger partial charge < -0.3 is 14.8 Å². The third kappa shape index (κ3) is 4.16. The Morgan fingerprint density at radius 3 is 2.12 bits per heavy atom. The summed E-state index contributed by atoms with van der Waals surface area (Å²) in [5.41, 5.74) is 3.47. The van der Waals surface area contributed by atoms with E-state index in [4.69, 9.17) is 4.74 Å². The van der Waals surface area contributed by atoms with Gasteiger partial charge in [-0.3, -0.25) is 9.59 Å². The molecule has 0 saturated carbocycles. The number of esters is 1. The van der Waals surface area contributed by atoms with E-state index in [-0.39, 0.29) is 34.8 Å². The molecule has 32 heavy (non-hydrogen) atoms. The van der Waals surface area contributed by atoms with Crippen LogP contribution >= 0.6 is 0 Å². The molecule has 2 N–H and O–H groups in total. The topological polar surface area (TPSA) is 96.5 Å². The van der Waals surface area contributed by atoms with Gasteiger partial charge >= 0.3 is 5.97 Å². The van der Waals surface area contributed by atoms with E-state index in [0.717, 1.165) is 11.1 Å². The first-order chi connectivity index (χ1) is 15.3. The van der Waals surface area contributed by atoms with Crippen molar-refractivity contribution in [2.24, 2.45) is 0 Å². The maximum absolute atomic E-state index is 12.6. The minimum absolute atomic E-state index is 0.186. The number of Topliss-reactive ketones (excluding diaryl/α,β-unsaturated/α-hetero) is 1. The molecule has 0 aliphatic rings. The minimum atomic E-state index is -0.682. The number of ketones is 1. The standard InChI is InChI=1S/C26H21NO5/c1-15-3-7-17(8-4-15)22(28)14-32-26(31)19-11-12-20-21(13-19)27-23(25(30)24(20)29)18-9-5-16(2)6-10-18/h3-13,30H,14H2,1-2H3,(H,27,29). The first-order valence-electron chi connectivity index (χ1n) is 10.1. The largest absolute Gasteiger partial charge is 0.503 e. The Kier molecular flexibility index (Phi) is 5.60. The molecule has 0 aliphatic carbocycles. The summed E-state index contributed by atoms with van der Waals surface area (Å²) in [6.45, 7) is 3.47. The number of aromatic nitrogens is 1. The molecule has 1 heterocycles. The number of carbonyl (C=O) groups excluding carboxylic acids is 2. The Labute approximate surface area is 184 Å². The van der Waals surface area contributed by atoms with Crippen LogP contribution in [0.4, 0.5) is 0 Å². The van der Waals surface area contributed by atoms with Crippen molar-refractivity contribution in [2.75, 3.05) is 6.61 Å². The van der Waals surface area contributed by atoms with E-state index in [0.29, 0.717) is 16.6 Å². The molecule has 6 nitrogen and oxygen atoms in total. The second-order valence-electron chi connectivity index (χ2n) is 7.67. The van der Waals surface area contributed by atoms with E-state index < -0.39 is 11.4 Å². The molecule has 0 saturated heterocycles. The lowest BCUT2D eigenvalue weighted by atomic mass is 10.1. The summed E-state index contributed by atoms with van der Waals surface area (Å²) in [5.74, 6) is -1.38. The molecule has 0 fully saturated rings. The number of aromatic hydroxyl groups is 1. The monoisotopic (exact) mass is 427 g/mol. The van der Waals surface area contributed by atoms with Gasteiger partial charge in [-0.1, -0.05) is 59.7 Å². The van der Waals surface area contributed by atoms with Crippen LogP contribution in [0.5, 0.6) is 5.75 Å². The van der Waals surface area contributed by atoms with Crippen LogP contribution in [0.3, 0.4) is 0 Å². The molecular formula is C26H21NO5. The highest BCUT2D eigenvalue weighted by Crippen LogP contribution is 2.27. The Morgan fingerprint density at radius 1 is 0.875 bits per heavy atom.